The summed E-state index contributed by atoms with van der Waals surface area (Å²) in [5.74, 6) is -0.643. The van der Waals surface area contributed by atoms with Gasteiger partial charge in [-0.3, -0.25) is 14.4 Å². The minimum atomic E-state index is -0.484. The number of primary amides is 1. The van der Waals surface area contributed by atoms with Gasteiger partial charge in [-0.15, -0.1) is 0 Å². The number of amides is 3. The van der Waals surface area contributed by atoms with Gasteiger partial charge in [0, 0.05) is 25.1 Å². The van der Waals surface area contributed by atoms with Crippen LogP contribution in [0.4, 0.5) is 0 Å². The van der Waals surface area contributed by atoms with Crippen LogP contribution in [0.1, 0.15) is 39.9 Å². The van der Waals surface area contributed by atoms with Crippen LogP contribution in [0, 0.1) is 6.92 Å². The highest BCUT2D eigenvalue weighted by Crippen LogP contribution is 2.22. The quantitative estimate of drug-likeness (QED) is 0.819. The Morgan fingerprint density at radius 1 is 1.07 bits per heavy atom. The number of carbonyl (C=O) groups excluding carboxylic acids is 3. The number of nitrogens with two attached hydrogens (primary N) is 1. The molecule has 1 saturated heterocycles. The Balaban J connectivity index is 1.61. The molecule has 3 rings (SSSR count). The number of hydrogen-bond donors (Lipinski definition) is 2. The lowest BCUT2D eigenvalue weighted by Crippen LogP contribution is -2.44. The van der Waals surface area contributed by atoms with Crippen molar-refractivity contribution in [2.45, 2.75) is 38.9 Å². The first kappa shape index (κ1) is 18.6. The summed E-state index contributed by atoms with van der Waals surface area (Å²) in [6.45, 7) is 2.78. The second-order valence-electron chi connectivity index (χ2n) is 6.84. The van der Waals surface area contributed by atoms with Crippen LogP contribution in [0.15, 0.2) is 48.5 Å². The van der Waals surface area contributed by atoms with E-state index in [4.69, 9.17) is 5.73 Å². The third kappa shape index (κ3) is 4.53. The maximum absolute atomic E-state index is 12.6. The molecule has 1 atom stereocenters. The van der Waals surface area contributed by atoms with Crippen molar-refractivity contribution in [1.29, 1.82) is 0 Å². The largest absolute Gasteiger partial charge is 0.366 e. The zero-order chi connectivity index (χ0) is 19.4. The van der Waals surface area contributed by atoms with Crippen molar-refractivity contribution in [3.05, 3.63) is 70.8 Å². The Hall–Kier alpha value is -3.15. The van der Waals surface area contributed by atoms with Crippen molar-refractivity contribution < 1.29 is 14.4 Å². The third-order valence-electron chi connectivity index (χ3n) is 4.81. The molecule has 27 heavy (non-hydrogen) atoms. The fraction of sp³-hybridized carbons (Fsp3) is 0.286. The Bertz CT molecular complexity index is 844. The van der Waals surface area contributed by atoms with E-state index in [0.717, 1.165) is 16.7 Å². The average molecular weight is 365 g/mol. The molecule has 140 valence electrons. The van der Waals surface area contributed by atoms with Crippen molar-refractivity contribution in [2.75, 3.05) is 0 Å². The van der Waals surface area contributed by atoms with Gasteiger partial charge >= 0.3 is 0 Å². The van der Waals surface area contributed by atoms with Gasteiger partial charge in [-0.25, -0.2) is 0 Å². The van der Waals surface area contributed by atoms with Crippen molar-refractivity contribution in [1.82, 2.24) is 10.2 Å². The Kier molecular flexibility index (Phi) is 5.54. The molecule has 1 aliphatic heterocycles. The zero-order valence-corrected chi connectivity index (χ0v) is 15.3. The number of rotatable bonds is 6. The molecule has 0 spiro atoms. The fourth-order valence-corrected chi connectivity index (χ4v) is 3.19. The molecule has 1 aliphatic rings. The topological polar surface area (TPSA) is 92.5 Å². The van der Waals surface area contributed by atoms with Crippen LogP contribution in [0.3, 0.4) is 0 Å². The summed E-state index contributed by atoms with van der Waals surface area (Å²) >= 11 is 0. The first-order chi connectivity index (χ1) is 12.9. The van der Waals surface area contributed by atoms with E-state index in [1.54, 1.807) is 29.2 Å². The predicted molar refractivity (Wildman–Crippen MR) is 102 cm³/mol. The fourth-order valence-electron chi connectivity index (χ4n) is 3.19. The summed E-state index contributed by atoms with van der Waals surface area (Å²) < 4.78 is 0. The highest BCUT2D eigenvalue weighted by molar-refractivity contribution is 5.93. The maximum Gasteiger partial charge on any atom is 0.248 e. The number of nitrogens with one attached hydrogen (secondary N) is 1. The molecule has 1 fully saturated rings. The summed E-state index contributed by atoms with van der Waals surface area (Å²) in [6, 6.07) is 14.3. The van der Waals surface area contributed by atoms with Gasteiger partial charge in [0.1, 0.15) is 6.04 Å². The van der Waals surface area contributed by atoms with Crippen LogP contribution in [-0.2, 0) is 22.7 Å². The van der Waals surface area contributed by atoms with Crippen LogP contribution < -0.4 is 11.1 Å². The second-order valence-corrected chi connectivity index (χ2v) is 6.84. The minimum Gasteiger partial charge on any atom is -0.366 e. The molecule has 0 aliphatic carbocycles. The molecular weight excluding hydrogens is 342 g/mol. The average Bonchev–Trinajstić information content (AvgIpc) is 3.02. The number of hydrogen-bond acceptors (Lipinski definition) is 3. The zero-order valence-electron chi connectivity index (χ0n) is 15.3. The normalized spacial score (nSPS) is 16.4. The number of nitrogens with zero attached hydrogens (tertiary/aromatic N) is 1. The van der Waals surface area contributed by atoms with Gasteiger partial charge in [-0.2, -0.15) is 0 Å². The van der Waals surface area contributed by atoms with E-state index in [9.17, 15) is 14.4 Å². The molecule has 3 amide bonds. The summed E-state index contributed by atoms with van der Waals surface area (Å²) in [6.07, 6.45) is 0.911. The van der Waals surface area contributed by atoms with Crippen LogP contribution in [0.25, 0.3) is 0 Å². The van der Waals surface area contributed by atoms with E-state index in [-0.39, 0.29) is 11.8 Å². The Morgan fingerprint density at radius 2 is 1.70 bits per heavy atom. The van der Waals surface area contributed by atoms with Crippen LogP contribution in [0.2, 0.25) is 0 Å². The van der Waals surface area contributed by atoms with Crippen molar-refractivity contribution >= 4 is 17.7 Å². The number of aryl methyl sites for hydroxylation is 1. The maximum atomic E-state index is 12.6. The molecule has 1 heterocycles. The molecule has 6 heteroatoms. The first-order valence-corrected chi connectivity index (χ1v) is 8.95. The highest BCUT2D eigenvalue weighted by atomic mass is 16.2. The van der Waals surface area contributed by atoms with Gasteiger partial charge in [-0.05, 0) is 36.6 Å². The van der Waals surface area contributed by atoms with Gasteiger partial charge in [0.25, 0.3) is 0 Å². The van der Waals surface area contributed by atoms with Crippen molar-refractivity contribution in [3.63, 3.8) is 0 Å². The Labute approximate surface area is 158 Å². The Morgan fingerprint density at radius 3 is 2.33 bits per heavy atom. The molecule has 0 saturated carbocycles. The van der Waals surface area contributed by atoms with Gasteiger partial charge in [0.15, 0.2) is 0 Å². The molecule has 6 nitrogen and oxygen atoms in total. The molecule has 0 aromatic heterocycles. The summed E-state index contributed by atoms with van der Waals surface area (Å²) in [5.41, 5.74) is 8.68. The van der Waals surface area contributed by atoms with E-state index in [1.807, 2.05) is 31.2 Å². The van der Waals surface area contributed by atoms with Gasteiger partial charge in [0.05, 0.1) is 0 Å². The molecule has 2 aromatic carbocycles. The van der Waals surface area contributed by atoms with Crippen LogP contribution >= 0.6 is 0 Å². The third-order valence-corrected chi connectivity index (χ3v) is 4.81. The minimum absolute atomic E-state index is 0.00142. The van der Waals surface area contributed by atoms with Crippen LogP contribution in [-0.4, -0.2) is 28.7 Å². The van der Waals surface area contributed by atoms with Crippen LogP contribution in [0.5, 0.6) is 0 Å². The first-order valence-electron chi connectivity index (χ1n) is 8.95. The van der Waals surface area contributed by atoms with Gasteiger partial charge in [0.2, 0.25) is 17.7 Å². The standard InChI is InChI=1S/C21H23N3O3/c1-14-2-4-16(5-3-14)13-24-18(10-11-19(24)25)21(27)23-12-15-6-8-17(9-7-15)20(22)26/h2-9,18H,10-13H2,1H3,(H2,22,26)(H,23,27). The van der Waals surface area contributed by atoms with Crippen molar-refractivity contribution in [3.8, 4) is 0 Å². The number of benzene rings is 2. The summed E-state index contributed by atoms with van der Waals surface area (Å²) in [4.78, 5) is 37.6. The van der Waals surface area contributed by atoms with Gasteiger partial charge < -0.3 is 16.0 Å². The van der Waals surface area contributed by atoms with E-state index in [1.165, 1.54) is 0 Å². The highest BCUT2D eigenvalue weighted by Gasteiger charge is 2.35. The van der Waals surface area contributed by atoms with E-state index < -0.39 is 11.9 Å². The lowest BCUT2D eigenvalue weighted by atomic mass is 10.1. The van der Waals surface area contributed by atoms with Crippen molar-refractivity contribution in [2.24, 2.45) is 5.73 Å². The smallest absolute Gasteiger partial charge is 0.248 e. The summed E-state index contributed by atoms with van der Waals surface area (Å²) in [5, 5.41) is 2.89. The molecule has 0 bridgehead atoms. The summed E-state index contributed by atoms with van der Waals surface area (Å²) in [7, 11) is 0. The molecule has 2 aromatic rings. The van der Waals surface area contributed by atoms with E-state index >= 15 is 0 Å². The SMILES string of the molecule is Cc1ccc(CN2C(=O)CCC2C(=O)NCc2ccc(C(N)=O)cc2)cc1. The molecule has 3 N–H and O–H groups in total. The predicted octanol–water partition coefficient (Wildman–Crippen LogP) is 1.90. The monoisotopic (exact) mass is 365 g/mol. The molecule has 1 unspecified atom stereocenters. The van der Waals surface area contributed by atoms with E-state index in [2.05, 4.69) is 5.32 Å². The van der Waals surface area contributed by atoms with E-state index in [0.29, 0.717) is 31.5 Å². The number of likely N-dealkylation sites (tertiary alicyclic amines) is 1. The number of carbonyl (C=O) groups is 3. The molecular formula is C21H23N3O3. The molecule has 0 radical (unpaired) electrons. The lowest BCUT2D eigenvalue weighted by Gasteiger charge is -2.24. The lowest BCUT2D eigenvalue weighted by molar-refractivity contribution is -0.135. The van der Waals surface area contributed by atoms with Gasteiger partial charge in [-0.1, -0.05) is 42.0 Å². The second kappa shape index (κ2) is 8.03.